The molecule has 0 saturated heterocycles. The molecule has 2 aromatic rings. The third kappa shape index (κ3) is 1.67. The van der Waals surface area contributed by atoms with Crippen molar-refractivity contribution in [3.8, 4) is 5.69 Å². The summed E-state index contributed by atoms with van der Waals surface area (Å²) in [4.78, 5) is 14.8. The number of benzene rings is 1. The summed E-state index contributed by atoms with van der Waals surface area (Å²) in [5.41, 5.74) is 1.70. The summed E-state index contributed by atoms with van der Waals surface area (Å²) in [6.07, 6.45) is 1.41. The van der Waals surface area contributed by atoms with Crippen molar-refractivity contribution in [2.75, 3.05) is 0 Å². The Morgan fingerprint density at radius 3 is 2.75 bits per heavy atom. The fraction of sp³-hybridized carbons (Fsp3) is 0.0909. The van der Waals surface area contributed by atoms with E-state index in [0.29, 0.717) is 0 Å². The molecule has 82 valence electrons. The first-order valence-electron chi connectivity index (χ1n) is 4.63. The van der Waals surface area contributed by atoms with Crippen LogP contribution < -0.4 is 0 Å². The van der Waals surface area contributed by atoms with E-state index < -0.39 is 5.97 Å². The third-order valence-electron chi connectivity index (χ3n) is 2.30. The van der Waals surface area contributed by atoms with Crippen LogP contribution in [0.5, 0.6) is 0 Å². The van der Waals surface area contributed by atoms with Gasteiger partial charge in [-0.05, 0) is 18.6 Å². The van der Waals surface area contributed by atoms with E-state index in [1.807, 2.05) is 31.2 Å². The number of carboxylic acids is 1. The molecule has 0 fully saturated rings. The summed E-state index contributed by atoms with van der Waals surface area (Å²) in [7, 11) is 0. The first-order chi connectivity index (χ1) is 7.61. The molecule has 0 atom stereocenters. The summed E-state index contributed by atoms with van der Waals surface area (Å²) in [6, 6.07) is 7.44. The van der Waals surface area contributed by atoms with E-state index in [2.05, 4.69) is 4.98 Å². The average Bonchev–Trinajstić information content (AvgIpc) is 2.61. The van der Waals surface area contributed by atoms with Gasteiger partial charge in [-0.15, -0.1) is 0 Å². The van der Waals surface area contributed by atoms with Crippen LogP contribution in [0.4, 0.5) is 0 Å². The van der Waals surface area contributed by atoms with Crippen LogP contribution >= 0.6 is 11.6 Å². The van der Waals surface area contributed by atoms with Crippen molar-refractivity contribution in [1.82, 2.24) is 9.55 Å². The van der Waals surface area contributed by atoms with Gasteiger partial charge in [0.15, 0.2) is 10.8 Å². The highest BCUT2D eigenvalue weighted by Gasteiger charge is 2.18. The first-order valence-corrected chi connectivity index (χ1v) is 5.01. The van der Waals surface area contributed by atoms with Crippen molar-refractivity contribution in [3.63, 3.8) is 0 Å². The smallest absolute Gasteiger partial charge is 0.356 e. The maximum Gasteiger partial charge on any atom is 0.356 e. The quantitative estimate of drug-likeness (QED) is 0.872. The lowest BCUT2D eigenvalue weighted by molar-refractivity contribution is 0.0688. The molecule has 0 amide bonds. The van der Waals surface area contributed by atoms with E-state index in [1.54, 1.807) is 0 Å². The van der Waals surface area contributed by atoms with Crippen molar-refractivity contribution >= 4 is 17.6 Å². The molecule has 16 heavy (non-hydrogen) atoms. The van der Waals surface area contributed by atoms with Crippen LogP contribution in [0.3, 0.4) is 0 Å². The van der Waals surface area contributed by atoms with E-state index in [0.717, 1.165) is 11.3 Å². The van der Waals surface area contributed by atoms with E-state index in [9.17, 15) is 4.79 Å². The zero-order chi connectivity index (χ0) is 11.7. The van der Waals surface area contributed by atoms with Crippen LogP contribution in [0.15, 0.2) is 30.6 Å². The van der Waals surface area contributed by atoms with Gasteiger partial charge in [-0.1, -0.05) is 29.8 Å². The van der Waals surface area contributed by atoms with Gasteiger partial charge in [-0.2, -0.15) is 0 Å². The Bertz CT molecular complexity index is 549. The van der Waals surface area contributed by atoms with Crippen LogP contribution in [0.25, 0.3) is 5.69 Å². The van der Waals surface area contributed by atoms with E-state index in [1.165, 1.54) is 10.9 Å². The molecule has 0 aliphatic rings. The number of hydrogen-bond donors (Lipinski definition) is 1. The van der Waals surface area contributed by atoms with Gasteiger partial charge < -0.3 is 5.11 Å². The van der Waals surface area contributed by atoms with E-state index in [-0.39, 0.29) is 10.8 Å². The highest BCUT2D eigenvalue weighted by molar-refractivity contribution is 6.32. The Morgan fingerprint density at radius 1 is 1.44 bits per heavy atom. The number of hydrogen-bond acceptors (Lipinski definition) is 2. The Morgan fingerprint density at radius 2 is 2.12 bits per heavy atom. The van der Waals surface area contributed by atoms with Gasteiger partial charge in [-0.3, -0.25) is 4.57 Å². The molecule has 0 spiro atoms. The number of imidazole rings is 1. The molecule has 1 aromatic heterocycles. The van der Waals surface area contributed by atoms with Crippen molar-refractivity contribution in [3.05, 3.63) is 47.0 Å². The summed E-state index contributed by atoms with van der Waals surface area (Å²) in [5, 5.41) is 9.04. The number of rotatable bonds is 2. The summed E-state index contributed by atoms with van der Waals surface area (Å²) in [5.74, 6) is -1.09. The Labute approximate surface area is 97.1 Å². The fourth-order valence-electron chi connectivity index (χ4n) is 1.53. The number of nitrogens with zero attached hydrogens (tertiary/aromatic N) is 2. The highest BCUT2D eigenvalue weighted by Crippen LogP contribution is 2.21. The Kier molecular flexibility index (Phi) is 2.66. The predicted molar refractivity (Wildman–Crippen MR) is 60.3 cm³/mol. The lowest BCUT2D eigenvalue weighted by atomic mass is 10.2. The number of aryl methyl sites for hydroxylation is 1. The molecule has 0 saturated carbocycles. The Hall–Kier alpha value is -1.81. The molecule has 0 radical (unpaired) electrons. The molecule has 0 bridgehead atoms. The lowest BCUT2D eigenvalue weighted by Crippen LogP contribution is -2.07. The van der Waals surface area contributed by atoms with Crippen LogP contribution in [0, 0.1) is 6.92 Å². The maximum atomic E-state index is 11.0. The number of para-hydroxylation sites is 1. The van der Waals surface area contributed by atoms with Gasteiger partial charge in [0.1, 0.15) is 6.33 Å². The summed E-state index contributed by atoms with van der Waals surface area (Å²) < 4.78 is 1.47. The molecule has 4 nitrogen and oxygen atoms in total. The van der Waals surface area contributed by atoms with E-state index in [4.69, 9.17) is 16.7 Å². The van der Waals surface area contributed by atoms with Crippen molar-refractivity contribution in [1.29, 1.82) is 0 Å². The molecule has 5 heteroatoms. The average molecular weight is 237 g/mol. The van der Waals surface area contributed by atoms with E-state index >= 15 is 0 Å². The minimum absolute atomic E-state index is 0.00393. The second-order valence-corrected chi connectivity index (χ2v) is 3.70. The third-order valence-corrected chi connectivity index (χ3v) is 2.58. The molecule has 1 N–H and O–H groups in total. The van der Waals surface area contributed by atoms with Crippen LogP contribution in [0.2, 0.25) is 5.15 Å². The number of carbonyl (C=O) groups is 1. The van der Waals surface area contributed by atoms with Gasteiger partial charge >= 0.3 is 5.97 Å². The molecular formula is C11H9ClN2O2. The molecule has 2 rings (SSSR count). The fourth-order valence-corrected chi connectivity index (χ4v) is 1.75. The van der Waals surface area contributed by atoms with Crippen LogP contribution in [-0.4, -0.2) is 20.6 Å². The number of aromatic nitrogens is 2. The number of carboxylic acid groups (broad SMARTS) is 1. The molecule has 0 aliphatic heterocycles. The van der Waals surface area contributed by atoms with Gasteiger partial charge in [0.05, 0.1) is 5.69 Å². The minimum Gasteiger partial charge on any atom is -0.476 e. The largest absolute Gasteiger partial charge is 0.476 e. The zero-order valence-corrected chi connectivity index (χ0v) is 9.27. The van der Waals surface area contributed by atoms with Crippen molar-refractivity contribution in [2.24, 2.45) is 0 Å². The maximum absolute atomic E-state index is 11.0. The summed E-state index contributed by atoms with van der Waals surface area (Å²) in [6.45, 7) is 1.90. The number of aromatic carboxylic acids is 1. The van der Waals surface area contributed by atoms with Gasteiger partial charge in [-0.25, -0.2) is 9.78 Å². The second-order valence-electron chi connectivity index (χ2n) is 3.35. The van der Waals surface area contributed by atoms with Crippen molar-refractivity contribution in [2.45, 2.75) is 6.92 Å². The molecular weight excluding hydrogens is 228 g/mol. The van der Waals surface area contributed by atoms with Crippen LogP contribution in [-0.2, 0) is 0 Å². The normalized spacial score (nSPS) is 10.4. The minimum atomic E-state index is -1.09. The summed E-state index contributed by atoms with van der Waals surface area (Å²) >= 11 is 5.73. The van der Waals surface area contributed by atoms with Crippen LogP contribution in [0.1, 0.15) is 16.1 Å². The molecule has 1 aromatic carbocycles. The standard InChI is InChI=1S/C11H9ClN2O2/c1-7-4-2-3-5-8(7)14-6-13-10(12)9(14)11(15)16/h2-6H,1H3,(H,15,16). The SMILES string of the molecule is Cc1ccccc1-n1cnc(Cl)c1C(=O)O. The second kappa shape index (κ2) is 3.98. The monoisotopic (exact) mass is 236 g/mol. The number of halogens is 1. The highest BCUT2D eigenvalue weighted by atomic mass is 35.5. The predicted octanol–water partition coefficient (Wildman–Crippen LogP) is 2.53. The van der Waals surface area contributed by atoms with Gasteiger partial charge in [0, 0.05) is 0 Å². The Balaban J connectivity index is 2.66. The topological polar surface area (TPSA) is 55.1 Å². The molecule has 1 heterocycles. The lowest BCUT2D eigenvalue weighted by Gasteiger charge is -2.08. The first kappa shape index (κ1) is 10.7. The van der Waals surface area contributed by atoms with Gasteiger partial charge in [0.25, 0.3) is 0 Å². The molecule has 0 aliphatic carbocycles. The zero-order valence-electron chi connectivity index (χ0n) is 8.51. The molecule has 0 unspecified atom stereocenters. The van der Waals surface area contributed by atoms with Crippen molar-refractivity contribution < 1.29 is 9.90 Å². The van der Waals surface area contributed by atoms with Gasteiger partial charge in [0.2, 0.25) is 0 Å².